The number of rotatable bonds is 3. The molecule has 1 aromatic carbocycles. The fraction of sp³-hybridized carbons (Fsp3) is 0.533. The number of benzene rings is 1. The van der Waals surface area contributed by atoms with Crippen molar-refractivity contribution in [1.29, 1.82) is 0 Å². The summed E-state index contributed by atoms with van der Waals surface area (Å²) in [4.78, 5) is 13.3. The SMILES string of the molecule is CC1CCCCC1N(C)c1ccc(N)c(C(=O)O)c1. The maximum absolute atomic E-state index is 11.1. The first kappa shape index (κ1) is 13.7. The molecule has 2 atom stereocenters. The van der Waals surface area contributed by atoms with Crippen LogP contribution in [0.2, 0.25) is 0 Å². The second-order valence-electron chi connectivity index (χ2n) is 5.52. The van der Waals surface area contributed by atoms with Crippen LogP contribution in [0.15, 0.2) is 18.2 Å². The van der Waals surface area contributed by atoms with E-state index >= 15 is 0 Å². The number of carboxylic acid groups (broad SMARTS) is 1. The van der Waals surface area contributed by atoms with Gasteiger partial charge in [0.1, 0.15) is 0 Å². The predicted molar refractivity (Wildman–Crippen MR) is 77.6 cm³/mol. The number of hydrogen-bond acceptors (Lipinski definition) is 3. The summed E-state index contributed by atoms with van der Waals surface area (Å²) in [6, 6.07) is 5.75. The molecule has 1 saturated carbocycles. The summed E-state index contributed by atoms with van der Waals surface area (Å²) in [6.07, 6.45) is 4.97. The van der Waals surface area contributed by atoms with E-state index in [4.69, 9.17) is 10.8 Å². The molecule has 104 valence electrons. The highest BCUT2D eigenvalue weighted by molar-refractivity contribution is 5.94. The average molecular weight is 262 g/mol. The van der Waals surface area contributed by atoms with Crippen molar-refractivity contribution in [3.05, 3.63) is 23.8 Å². The van der Waals surface area contributed by atoms with E-state index < -0.39 is 5.97 Å². The third-order valence-corrected chi connectivity index (χ3v) is 4.24. The van der Waals surface area contributed by atoms with E-state index in [0.29, 0.717) is 17.6 Å². The second kappa shape index (κ2) is 5.51. The Balaban J connectivity index is 2.25. The highest BCUT2D eigenvalue weighted by Gasteiger charge is 2.25. The van der Waals surface area contributed by atoms with Gasteiger partial charge >= 0.3 is 5.97 Å². The van der Waals surface area contributed by atoms with E-state index in [-0.39, 0.29) is 5.56 Å². The minimum Gasteiger partial charge on any atom is -0.478 e. The summed E-state index contributed by atoms with van der Waals surface area (Å²) >= 11 is 0. The third kappa shape index (κ3) is 2.83. The van der Waals surface area contributed by atoms with Crippen LogP contribution in [0.5, 0.6) is 0 Å². The van der Waals surface area contributed by atoms with Crippen LogP contribution >= 0.6 is 0 Å². The molecule has 0 amide bonds. The molecule has 0 radical (unpaired) electrons. The number of nitrogen functional groups attached to an aromatic ring is 1. The Morgan fingerprint density at radius 3 is 2.68 bits per heavy atom. The number of hydrogen-bond donors (Lipinski definition) is 2. The molecule has 19 heavy (non-hydrogen) atoms. The molecular weight excluding hydrogens is 240 g/mol. The van der Waals surface area contributed by atoms with Crippen LogP contribution in [-0.2, 0) is 0 Å². The number of carboxylic acids is 1. The van der Waals surface area contributed by atoms with Crippen molar-refractivity contribution < 1.29 is 9.90 Å². The Kier molecular flexibility index (Phi) is 3.98. The summed E-state index contributed by atoms with van der Waals surface area (Å²) in [5.41, 5.74) is 7.14. The topological polar surface area (TPSA) is 66.6 Å². The molecule has 4 nitrogen and oxygen atoms in total. The normalized spacial score (nSPS) is 23.1. The zero-order valence-corrected chi connectivity index (χ0v) is 11.6. The molecule has 2 unspecified atom stereocenters. The molecule has 1 aliphatic rings. The lowest BCUT2D eigenvalue weighted by Gasteiger charge is -2.37. The van der Waals surface area contributed by atoms with E-state index in [1.807, 2.05) is 13.1 Å². The quantitative estimate of drug-likeness (QED) is 0.822. The van der Waals surface area contributed by atoms with Crippen LogP contribution in [0.4, 0.5) is 11.4 Å². The van der Waals surface area contributed by atoms with Gasteiger partial charge in [0.2, 0.25) is 0 Å². The lowest BCUT2D eigenvalue weighted by molar-refractivity contribution is 0.0698. The summed E-state index contributed by atoms with van der Waals surface area (Å²) in [5, 5.41) is 9.14. The lowest BCUT2D eigenvalue weighted by Crippen LogP contribution is -2.39. The van der Waals surface area contributed by atoms with E-state index in [9.17, 15) is 4.79 Å². The molecule has 1 fully saturated rings. The molecule has 1 aromatic rings. The average Bonchev–Trinajstić information content (AvgIpc) is 2.38. The van der Waals surface area contributed by atoms with Gasteiger partial charge in [-0.15, -0.1) is 0 Å². The van der Waals surface area contributed by atoms with Gasteiger partial charge in [-0.2, -0.15) is 0 Å². The molecule has 2 rings (SSSR count). The van der Waals surface area contributed by atoms with Crippen molar-refractivity contribution in [3.8, 4) is 0 Å². The van der Waals surface area contributed by atoms with Gasteiger partial charge in [-0.1, -0.05) is 19.8 Å². The van der Waals surface area contributed by atoms with Crippen LogP contribution < -0.4 is 10.6 Å². The Bertz CT molecular complexity index is 473. The van der Waals surface area contributed by atoms with Gasteiger partial charge in [0.25, 0.3) is 0 Å². The van der Waals surface area contributed by atoms with Crippen LogP contribution in [0.3, 0.4) is 0 Å². The first-order valence-corrected chi connectivity index (χ1v) is 6.86. The zero-order valence-electron chi connectivity index (χ0n) is 11.6. The Hall–Kier alpha value is -1.71. The van der Waals surface area contributed by atoms with Crippen molar-refractivity contribution in [2.24, 2.45) is 5.92 Å². The van der Waals surface area contributed by atoms with Gasteiger partial charge in [0, 0.05) is 24.5 Å². The van der Waals surface area contributed by atoms with E-state index in [1.165, 1.54) is 25.7 Å². The maximum atomic E-state index is 11.1. The molecule has 0 spiro atoms. The number of nitrogens with zero attached hydrogens (tertiary/aromatic N) is 1. The smallest absolute Gasteiger partial charge is 0.337 e. The van der Waals surface area contributed by atoms with Gasteiger partial charge in [0.05, 0.1) is 5.56 Å². The van der Waals surface area contributed by atoms with Crippen LogP contribution in [0.1, 0.15) is 43.0 Å². The molecule has 3 N–H and O–H groups in total. The van der Waals surface area contributed by atoms with Gasteiger partial charge in [-0.25, -0.2) is 4.79 Å². The molecule has 0 bridgehead atoms. The summed E-state index contributed by atoms with van der Waals surface area (Å²) in [7, 11) is 2.05. The zero-order chi connectivity index (χ0) is 14.0. The van der Waals surface area contributed by atoms with Crippen LogP contribution in [0, 0.1) is 5.92 Å². The highest BCUT2D eigenvalue weighted by atomic mass is 16.4. The second-order valence-corrected chi connectivity index (χ2v) is 5.52. The molecule has 4 heteroatoms. The van der Waals surface area contributed by atoms with E-state index in [2.05, 4.69) is 11.8 Å². The van der Waals surface area contributed by atoms with Gasteiger partial charge < -0.3 is 15.7 Å². The van der Waals surface area contributed by atoms with Gasteiger partial charge in [-0.05, 0) is 37.0 Å². The molecule has 0 saturated heterocycles. The van der Waals surface area contributed by atoms with Crippen molar-refractivity contribution >= 4 is 17.3 Å². The van der Waals surface area contributed by atoms with Crippen molar-refractivity contribution in [3.63, 3.8) is 0 Å². The first-order chi connectivity index (χ1) is 9.00. The Morgan fingerprint density at radius 1 is 1.37 bits per heavy atom. The van der Waals surface area contributed by atoms with Gasteiger partial charge in [-0.3, -0.25) is 0 Å². The minimum absolute atomic E-state index is 0.188. The molecule has 1 aliphatic carbocycles. The lowest BCUT2D eigenvalue weighted by atomic mass is 9.85. The van der Waals surface area contributed by atoms with Crippen molar-refractivity contribution in [2.75, 3.05) is 17.7 Å². The van der Waals surface area contributed by atoms with Crippen molar-refractivity contribution in [1.82, 2.24) is 0 Å². The standard InChI is InChI=1S/C15H22N2O2/c1-10-5-3-4-6-14(10)17(2)11-7-8-13(16)12(9-11)15(18)19/h7-10,14H,3-6,16H2,1-2H3,(H,18,19). The fourth-order valence-electron chi connectivity index (χ4n) is 3.01. The highest BCUT2D eigenvalue weighted by Crippen LogP contribution is 2.31. The monoisotopic (exact) mass is 262 g/mol. The number of aromatic carboxylic acids is 1. The van der Waals surface area contributed by atoms with E-state index in [0.717, 1.165) is 5.69 Å². The number of anilines is 2. The number of carbonyl (C=O) groups is 1. The minimum atomic E-state index is -0.968. The predicted octanol–water partition coefficient (Wildman–Crippen LogP) is 2.98. The molecule has 0 aliphatic heterocycles. The third-order valence-electron chi connectivity index (χ3n) is 4.24. The summed E-state index contributed by atoms with van der Waals surface area (Å²) in [5.74, 6) is -0.325. The Morgan fingerprint density at radius 2 is 2.05 bits per heavy atom. The summed E-state index contributed by atoms with van der Waals surface area (Å²) in [6.45, 7) is 2.27. The molecule has 0 heterocycles. The molecule has 0 aromatic heterocycles. The first-order valence-electron chi connectivity index (χ1n) is 6.86. The summed E-state index contributed by atoms with van der Waals surface area (Å²) < 4.78 is 0. The van der Waals surface area contributed by atoms with Crippen LogP contribution in [-0.4, -0.2) is 24.2 Å². The maximum Gasteiger partial charge on any atom is 0.337 e. The van der Waals surface area contributed by atoms with E-state index in [1.54, 1.807) is 12.1 Å². The van der Waals surface area contributed by atoms with Crippen molar-refractivity contribution in [2.45, 2.75) is 38.6 Å². The largest absolute Gasteiger partial charge is 0.478 e. The van der Waals surface area contributed by atoms with Crippen LogP contribution in [0.25, 0.3) is 0 Å². The Labute approximate surface area is 114 Å². The molecular formula is C15H22N2O2. The van der Waals surface area contributed by atoms with Gasteiger partial charge in [0.15, 0.2) is 0 Å². The number of nitrogens with two attached hydrogens (primary N) is 1. The fourth-order valence-corrected chi connectivity index (χ4v) is 3.01.